The van der Waals surface area contributed by atoms with E-state index in [4.69, 9.17) is 19.3 Å². The Hall–Kier alpha value is -3.43. The number of piperidine rings is 1. The molecule has 0 saturated carbocycles. The van der Waals surface area contributed by atoms with Crippen LogP contribution in [-0.2, 0) is 23.8 Å². The van der Waals surface area contributed by atoms with Crippen LogP contribution in [0, 0.1) is 0 Å². The van der Waals surface area contributed by atoms with Gasteiger partial charge >= 0.3 is 12.1 Å². The molecule has 2 aromatic carbocycles. The fourth-order valence-corrected chi connectivity index (χ4v) is 4.78. The molecular weight excluding hydrogens is 452 g/mol. The number of methoxy groups -OCH3 is 1. The molecule has 1 aliphatic carbocycles. The second-order valence-electron chi connectivity index (χ2n) is 8.71. The monoisotopic (exact) mass is 482 g/mol. The van der Waals surface area contributed by atoms with E-state index < -0.39 is 18.1 Å². The number of benzene rings is 2. The molecule has 186 valence electrons. The number of carboxylic acids is 1. The molecule has 0 bridgehead atoms. The predicted molar refractivity (Wildman–Crippen MR) is 127 cm³/mol. The quantitative estimate of drug-likeness (QED) is 0.565. The van der Waals surface area contributed by atoms with Crippen LogP contribution in [0.3, 0.4) is 0 Å². The van der Waals surface area contributed by atoms with Gasteiger partial charge in [0.2, 0.25) is 5.91 Å². The second kappa shape index (κ2) is 11.3. The van der Waals surface area contributed by atoms with Crippen molar-refractivity contribution in [1.29, 1.82) is 0 Å². The van der Waals surface area contributed by atoms with E-state index in [0.29, 0.717) is 25.9 Å². The molecule has 2 N–H and O–H groups in total. The maximum absolute atomic E-state index is 13.0. The number of amides is 2. The number of rotatable bonds is 9. The van der Waals surface area contributed by atoms with E-state index in [1.165, 1.54) is 7.11 Å². The van der Waals surface area contributed by atoms with Crippen molar-refractivity contribution in [2.45, 2.75) is 30.9 Å². The minimum Gasteiger partial charge on any atom is -0.480 e. The maximum Gasteiger partial charge on any atom is 0.407 e. The second-order valence-corrected chi connectivity index (χ2v) is 8.71. The average molecular weight is 483 g/mol. The van der Waals surface area contributed by atoms with Crippen molar-refractivity contribution >= 4 is 18.0 Å². The van der Waals surface area contributed by atoms with Crippen LogP contribution in [-0.4, -0.2) is 80.1 Å². The molecule has 2 aromatic rings. The number of hydrogen-bond acceptors (Lipinski definition) is 6. The number of carboxylic acid groups (broad SMARTS) is 1. The van der Waals surface area contributed by atoms with Gasteiger partial charge in [-0.25, -0.2) is 9.59 Å². The van der Waals surface area contributed by atoms with Gasteiger partial charge in [-0.05, 0) is 35.1 Å². The summed E-state index contributed by atoms with van der Waals surface area (Å²) >= 11 is 0. The van der Waals surface area contributed by atoms with E-state index in [1.54, 1.807) is 4.90 Å². The summed E-state index contributed by atoms with van der Waals surface area (Å²) in [5.41, 5.74) is 4.50. The topological polar surface area (TPSA) is 114 Å². The van der Waals surface area contributed by atoms with Gasteiger partial charge in [0.1, 0.15) is 19.3 Å². The van der Waals surface area contributed by atoms with E-state index >= 15 is 0 Å². The van der Waals surface area contributed by atoms with Crippen molar-refractivity contribution < 1.29 is 33.7 Å². The van der Waals surface area contributed by atoms with Crippen LogP contribution in [0.4, 0.5) is 4.79 Å². The molecule has 0 spiro atoms. The number of nitrogens with one attached hydrogen (secondary N) is 1. The van der Waals surface area contributed by atoms with Gasteiger partial charge in [-0.3, -0.25) is 4.79 Å². The van der Waals surface area contributed by atoms with Gasteiger partial charge in [0.05, 0.1) is 12.7 Å². The van der Waals surface area contributed by atoms with E-state index in [1.807, 2.05) is 36.4 Å². The van der Waals surface area contributed by atoms with Crippen LogP contribution in [0.1, 0.15) is 29.9 Å². The fraction of sp³-hybridized carbons (Fsp3) is 0.423. The SMILES string of the molecule is COC[C@H](NC(=O)OCC1c2ccccc2-c2ccccc21)C(=O)N1CCC(OCC(=O)O)CC1. The number of ether oxygens (including phenoxy) is 3. The first kappa shape index (κ1) is 24.7. The zero-order chi connectivity index (χ0) is 24.8. The molecule has 0 radical (unpaired) electrons. The van der Waals surface area contributed by atoms with Crippen LogP contribution < -0.4 is 5.32 Å². The highest BCUT2D eigenvalue weighted by atomic mass is 16.5. The highest BCUT2D eigenvalue weighted by molar-refractivity contribution is 5.86. The van der Waals surface area contributed by atoms with Gasteiger partial charge in [0, 0.05) is 26.1 Å². The molecule has 0 unspecified atom stereocenters. The number of carbonyl (C=O) groups is 3. The molecule has 2 aliphatic rings. The largest absolute Gasteiger partial charge is 0.480 e. The Balaban J connectivity index is 1.33. The Morgan fingerprint density at radius 2 is 1.63 bits per heavy atom. The van der Waals surface area contributed by atoms with Crippen LogP contribution >= 0.6 is 0 Å². The molecule has 35 heavy (non-hydrogen) atoms. The average Bonchev–Trinajstić information content (AvgIpc) is 3.19. The summed E-state index contributed by atoms with van der Waals surface area (Å²) in [5, 5.41) is 11.4. The van der Waals surface area contributed by atoms with Gasteiger partial charge in [0.15, 0.2) is 0 Å². The lowest BCUT2D eigenvalue weighted by Gasteiger charge is -2.34. The minimum atomic E-state index is -1.02. The summed E-state index contributed by atoms with van der Waals surface area (Å²) in [7, 11) is 1.46. The normalized spacial score (nSPS) is 16.3. The number of fused-ring (bicyclic) bond motifs is 3. The van der Waals surface area contributed by atoms with Gasteiger partial charge < -0.3 is 29.5 Å². The number of carbonyl (C=O) groups excluding carboxylic acids is 2. The van der Waals surface area contributed by atoms with Crippen molar-refractivity contribution in [3.8, 4) is 11.1 Å². The smallest absolute Gasteiger partial charge is 0.407 e. The van der Waals surface area contributed by atoms with Crippen molar-refractivity contribution in [3.05, 3.63) is 59.7 Å². The maximum atomic E-state index is 13.0. The Kier molecular flexibility index (Phi) is 7.99. The molecular formula is C26H30N2O7. The first-order valence-corrected chi connectivity index (χ1v) is 11.7. The van der Waals surface area contributed by atoms with Crippen molar-refractivity contribution in [2.75, 3.05) is 40.0 Å². The van der Waals surface area contributed by atoms with Gasteiger partial charge in [-0.1, -0.05) is 48.5 Å². The first-order chi connectivity index (χ1) is 17.0. The summed E-state index contributed by atoms with van der Waals surface area (Å²) < 4.78 is 16.1. The van der Waals surface area contributed by atoms with Crippen molar-refractivity contribution in [2.24, 2.45) is 0 Å². The molecule has 9 heteroatoms. The molecule has 9 nitrogen and oxygen atoms in total. The third kappa shape index (κ3) is 5.80. The zero-order valence-electron chi connectivity index (χ0n) is 19.6. The zero-order valence-corrected chi connectivity index (χ0v) is 19.6. The molecule has 0 aromatic heterocycles. The molecule has 2 amide bonds. The van der Waals surface area contributed by atoms with Crippen molar-refractivity contribution in [3.63, 3.8) is 0 Å². The van der Waals surface area contributed by atoms with Gasteiger partial charge in [-0.15, -0.1) is 0 Å². The van der Waals surface area contributed by atoms with E-state index in [2.05, 4.69) is 17.4 Å². The number of alkyl carbamates (subject to hydrolysis) is 1. The van der Waals surface area contributed by atoms with Crippen LogP contribution in [0.5, 0.6) is 0 Å². The number of hydrogen-bond donors (Lipinski definition) is 2. The number of aliphatic carboxylic acids is 1. The Labute approximate surface area is 204 Å². The first-order valence-electron chi connectivity index (χ1n) is 11.7. The number of likely N-dealkylation sites (tertiary alicyclic amines) is 1. The molecule has 1 heterocycles. The molecule has 1 saturated heterocycles. The van der Waals surface area contributed by atoms with Crippen LogP contribution in [0.15, 0.2) is 48.5 Å². The molecule has 1 aliphatic heterocycles. The molecule has 1 atom stereocenters. The van der Waals surface area contributed by atoms with Crippen molar-refractivity contribution in [1.82, 2.24) is 10.2 Å². The lowest BCUT2D eigenvalue weighted by atomic mass is 9.98. The minimum absolute atomic E-state index is 0.0124. The Morgan fingerprint density at radius 1 is 1.03 bits per heavy atom. The standard InChI is InChI=1S/C26H30N2O7/c1-33-15-23(25(31)28-12-10-17(11-13-28)34-16-24(29)30)27-26(32)35-14-22-20-8-4-2-6-18(20)19-7-3-5-9-21(19)22/h2-9,17,22-23H,10-16H2,1H3,(H,27,32)(H,29,30)/t23-/m0/s1. The Morgan fingerprint density at radius 3 is 2.20 bits per heavy atom. The van der Waals surface area contributed by atoms with Gasteiger partial charge in [0.25, 0.3) is 0 Å². The third-order valence-corrected chi connectivity index (χ3v) is 6.46. The summed E-state index contributed by atoms with van der Waals surface area (Å²) in [6, 6.07) is 15.3. The summed E-state index contributed by atoms with van der Waals surface area (Å²) in [6.45, 7) is 0.637. The number of nitrogens with zero attached hydrogens (tertiary/aromatic N) is 1. The third-order valence-electron chi connectivity index (χ3n) is 6.46. The van der Waals surface area contributed by atoms with E-state index in [0.717, 1.165) is 22.3 Å². The predicted octanol–water partition coefficient (Wildman–Crippen LogP) is 2.63. The molecule has 1 fully saturated rings. The van der Waals surface area contributed by atoms with E-state index in [9.17, 15) is 14.4 Å². The van der Waals surface area contributed by atoms with Crippen LogP contribution in [0.25, 0.3) is 11.1 Å². The fourth-order valence-electron chi connectivity index (χ4n) is 4.78. The summed E-state index contributed by atoms with van der Waals surface area (Å²) in [6.07, 6.45) is 0.181. The van der Waals surface area contributed by atoms with E-state index in [-0.39, 0.29) is 37.7 Å². The van der Waals surface area contributed by atoms with Gasteiger partial charge in [-0.2, -0.15) is 0 Å². The van der Waals surface area contributed by atoms with Crippen LogP contribution in [0.2, 0.25) is 0 Å². The lowest BCUT2D eigenvalue weighted by molar-refractivity contribution is -0.147. The summed E-state index contributed by atoms with van der Waals surface area (Å²) in [4.78, 5) is 38.0. The Bertz CT molecular complexity index is 1020. The highest BCUT2D eigenvalue weighted by Gasteiger charge is 2.32. The lowest BCUT2D eigenvalue weighted by Crippen LogP contribution is -2.53. The molecule has 4 rings (SSSR count). The highest BCUT2D eigenvalue weighted by Crippen LogP contribution is 2.44. The summed E-state index contributed by atoms with van der Waals surface area (Å²) in [5.74, 6) is -1.36.